The number of nitrogens with zero attached hydrogens (tertiary/aromatic N) is 2. The smallest absolute Gasteiger partial charge is 0.420 e. The van der Waals surface area contributed by atoms with Gasteiger partial charge in [-0.1, -0.05) is 23.7 Å². The van der Waals surface area contributed by atoms with Gasteiger partial charge in [0.25, 0.3) is 11.6 Å². The fraction of sp³-hybridized carbons (Fsp3) is 0.118. The average molecular weight is 406 g/mol. The molecule has 0 radical (unpaired) electrons. The summed E-state index contributed by atoms with van der Waals surface area (Å²) in [4.78, 5) is 45.8. The number of nitrogens with one attached hydrogen (secondary N) is 1. The summed E-state index contributed by atoms with van der Waals surface area (Å²) in [5.41, 5.74) is 0.488. The quantitative estimate of drug-likeness (QED) is 0.378. The Morgan fingerprint density at radius 1 is 1.25 bits per heavy atom. The lowest BCUT2D eigenvalue weighted by Gasteiger charge is -2.07. The molecule has 10 nitrogen and oxygen atoms in total. The molecule has 0 fully saturated rings. The van der Waals surface area contributed by atoms with Gasteiger partial charge in [0.05, 0.1) is 10.4 Å². The van der Waals surface area contributed by atoms with Crippen LogP contribution in [0.2, 0.25) is 5.02 Å². The molecular formula is C17H12ClN3O7. The molecule has 3 aromatic rings. The molecule has 1 amide bonds. The van der Waals surface area contributed by atoms with Crippen LogP contribution in [0.5, 0.6) is 0 Å². The minimum Gasteiger partial charge on any atom is -0.454 e. The molecular weight excluding hydrogens is 394 g/mol. The van der Waals surface area contributed by atoms with Crippen molar-refractivity contribution >= 4 is 46.0 Å². The van der Waals surface area contributed by atoms with E-state index in [2.05, 4.69) is 5.32 Å². The Morgan fingerprint density at radius 2 is 2.00 bits per heavy atom. The molecule has 1 heterocycles. The van der Waals surface area contributed by atoms with Crippen molar-refractivity contribution in [2.75, 3.05) is 11.9 Å². The first-order valence-corrected chi connectivity index (χ1v) is 8.21. The number of anilines is 1. The van der Waals surface area contributed by atoms with Gasteiger partial charge in [-0.15, -0.1) is 0 Å². The minimum absolute atomic E-state index is 0.0767. The SMILES string of the molecule is O=C(COC(=O)Cn1c(=O)oc2ccccc21)Nc1ccc(Cl)c([N+](=O)[O-])c1. The molecule has 11 heteroatoms. The van der Waals surface area contributed by atoms with Crippen molar-refractivity contribution < 1.29 is 23.7 Å². The Morgan fingerprint density at radius 3 is 2.75 bits per heavy atom. The molecule has 1 aromatic heterocycles. The molecule has 0 bridgehead atoms. The monoisotopic (exact) mass is 405 g/mol. The number of nitro benzene ring substituents is 1. The number of ether oxygens (including phenoxy) is 1. The number of rotatable bonds is 6. The third kappa shape index (κ3) is 4.18. The zero-order chi connectivity index (χ0) is 20.3. The molecule has 0 aliphatic rings. The van der Waals surface area contributed by atoms with Crippen LogP contribution < -0.4 is 11.1 Å². The van der Waals surface area contributed by atoms with Gasteiger partial charge in [-0.05, 0) is 24.3 Å². The van der Waals surface area contributed by atoms with Crippen molar-refractivity contribution in [1.29, 1.82) is 0 Å². The molecule has 1 N–H and O–H groups in total. The number of nitro groups is 1. The summed E-state index contributed by atoms with van der Waals surface area (Å²) in [7, 11) is 0. The van der Waals surface area contributed by atoms with Crippen LogP contribution in [-0.4, -0.2) is 28.0 Å². The predicted octanol–water partition coefficient (Wildman–Crippen LogP) is 2.34. The molecule has 2 aromatic carbocycles. The first kappa shape index (κ1) is 19.1. The first-order chi connectivity index (χ1) is 13.3. The van der Waals surface area contributed by atoms with Gasteiger partial charge in [-0.3, -0.25) is 24.3 Å². The second-order valence-corrected chi connectivity index (χ2v) is 5.96. The van der Waals surface area contributed by atoms with Crippen LogP contribution in [0.25, 0.3) is 11.1 Å². The number of hydrogen-bond acceptors (Lipinski definition) is 7. The van der Waals surface area contributed by atoms with Gasteiger partial charge < -0.3 is 14.5 Å². The Labute approximate surface area is 161 Å². The molecule has 28 heavy (non-hydrogen) atoms. The predicted molar refractivity (Wildman–Crippen MR) is 98.2 cm³/mol. The third-order valence-electron chi connectivity index (χ3n) is 3.65. The van der Waals surface area contributed by atoms with Crippen LogP contribution in [0, 0.1) is 10.1 Å². The van der Waals surface area contributed by atoms with E-state index in [-0.39, 0.29) is 16.4 Å². The Hall–Kier alpha value is -3.66. The number of fused-ring (bicyclic) bond motifs is 1. The van der Waals surface area contributed by atoms with E-state index in [1.807, 2.05) is 0 Å². The van der Waals surface area contributed by atoms with Gasteiger partial charge in [0.2, 0.25) is 0 Å². The number of para-hydroxylation sites is 2. The van der Waals surface area contributed by atoms with Crippen molar-refractivity contribution in [3.63, 3.8) is 0 Å². The van der Waals surface area contributed by atoms with Crippen LogP contribution in [0.1, 0.15) is 0 Å². The molecule has 144 valence electrons. The second kappa shape index (κ2) is 7.92. The van der Waals surface area contributed by atoms with E-state index in [0.717, 1.165) is 10.6 Å². The number of hydrogen-bond donors (Lipinski definition) is 1. The molecule has 0 spiro atoms. The summed E-state index contributed by atoms with van der Waals surface area (Å²) in [6, 6.07) is 10.3. The number of amides is 1. The first-order valence-electron chi connectivity index (χ1n) is 7.83. The van der Waals surface area contributed by atoms with Crippen molar-refractivity contribution in [2.45, 2.75) is 6.54 Å². The topological polar surface area (TPSA) is 134 Å². The Bertz CT molecular complexity index is 1140. The summed E-state index contributed by atoms with van der Waals surface area (Å²) < 4.78 is 10.9. The standard InChI is InChI=1S/C17H12ClN3O7/c18-11-6-5-10(7-13(11)21(25)26)19-15(22)9-27-16(23)8-20-12-3-1-2-4-14(12)28-17(20)24/h1-7H,8-9H2,(H,19,22). The molecule has 0 unspecified atom stereocenters. The number of esters is 1. The van der Waals surface area contributed by atoms with E-state index in [4.69, 9.17) is 20.8 Å². The summed E-state index contributed by atoms with van der Waals surface area (Å²) >= 11 is 5.69. The molecule has 0 saturated carbocycles. The van der Waals surface area contributed by atoms with E-state index in [0.29, 0.717) is 11.1 Å². The number of carbonyl (C=O) groups excluding carboxylic acids is 2. The highest BCUT2D eigenvalue weighted by Crippen LogP contribution is 2.27. The highest BCUT2D eigenvalue weighted by molar-refractivity contribution is 6.32. The van der Waals surface area contributed by atoms with E-state index in [1.165, 1.54) is 12.1 Å². The van der Waals surface area contributed by atoms with Gasteiger partial charge in [0, 0.05) is 11.8 Å². The number of benzene rings is 2. The van der Waals surface area contributed by atoms with E-state index >= 15 is 0 Å². The van der Waals surface area contributed by atoms with Gasteiger partial charge in [0.15, 0.2) is 12.2 Å². The largest absolute Gasteiger partial charge is 0.454 e. The van der Waals surface area contributed by atoms with Crippen LogP contribution in [0.4, 0.5) is 11.4 Å². The lowest BCUT2D eigenvalue weighted by molar-refractivity contribution is -0.384. The molecule has 0 aliphatic heterocycles. The van der Waals surface area contributed by atoms with Crippen LogP contribution in [0.15, 0.2) is 51.7 Å². The second-order valence-electron chi connectivity index (χ2n) is 5.55. The van der Waals surface area contributed by atoms with E-state index < -0.39 is 35.7 Å². The van der Waals surface area contributed by atoms with Crippen molar-refractivity contribution in [1.82, 2.24) is 4.57 Å². The van der Waals surface area contributed by atoms with Crippen LogP contribution >= 0.6 is 11.6 Å². The minimum atomic E-state index is -0.828. The van der Waals surface area contributed by atoms with Crippen molar-refractivity contribution in [2.24, 2.45) is 0 Å². The average Bonchev–Trinajstić information content (AvgIpc) is 2.97. The molecule has 0 atom stereocenters. The fourth-order valence-electron chi connectivity index (χ4n) is 2.41. The summed E-state index contributed by atoms with van der Waals surface area (Å²) in [5.74, 6) is -2.27. The lowest BCUT2D eigenvalue weighted by atomic mass is 10.3. The molecule has 0 saturated heterocycles. The van der Waals surface area contributed by atoms with E-state index in [1.54, 1.807) is 24.3 Å². The van der Waals surface area contributed by atoms with E-state index in [9.17, 15) is 24.5 Å². The fourth-order valence-corrected chi connectivity index (χ4v) is 2.60. The summed E-state index contributed by atoms with van der Waals surface area (Å²) in [5, 5.41) is 13.1. The highest BCUT2D eigenvalue weighted by Gasteiger charge is 2.16. The van der Waals surface area contributed by atoms with Crippen LogP contribution in [0.3, 0.4) is 0 Å². The normalized spacial score (nSPS) is 10.6. The summed E-state index contributed by atoms with van der Waals surface area (Å²) in [6.07, 6.45) is 0. The highest BCUT2D eigenvalue weighted by atomic mass is 35.5. The third-order valence-corrected chi connectivity index (χ3v) is 3.97. The Balaban J connectivity index is 1.59. The number of carbonyl (C=O) groups is 2. The zero-order valence-corrected chi connectivity index (χ0v) is 14.8. The summed E-state index contributed by atoms with van der Waals surface area (Å²) in [6.45, 7) is -1.07. The maximum Gasteiger partial charge on any atom is 0.420 e. The maximum atomic E-state index is 11.9. The van der Waals surface area contributed by atoms with Gasteiger partial charge in [0.1, 0.15) is 11.6 Å². The van der Waals surface area contributed by atoms with Gasteiger partial charge in [-0.25, -0.2) is 4.79 Å². The number of aromatic nitrogens is 1. The van der Waals surface area contributed by atoms with Gasteiger partial charge in [-0.2, -0.15) is 0 Å². The maximum absolute atomic E-state index is 11.9. The van der Waals surface area contributed by atoms with Crippen LogP contribution in [-0.2, 0) is 20.9 Å². The number of oxazole rings is 1. The van der Waals surface area contributed by atoms with Gasteiger partial charge >= 0.3 is 11.7 Å². The molecule has 3 rings (SSSR count). The van der Waals surface area contributed by atoms with Crippen molar-refractivity contribution in [3.8, 4) is 0 Å². The zero-order valence-electron chi connectivity index (χ0n) is 14.1. The number of halogens is 1. The molecule has 0 aliphatic carbocycles. The van der Waals surface area contributed by atoms with Crippen molar-refractivity contribution in [3.05, 3.63) is 68.2 Å². The lowest BCUT2D eigenvalue weighted by Crippen LogP contribution is -2.25. The Kier molecular flexibility index (Phi) is 5.41.